The van der Waals surface area contributed by atoms with Crippen molar-refractivity contribution in [3.8, 4) is 0 Å². The summed E-state index contributed by atoms with van der Waals surface area (Å²) in [6, 6.07) is 0.748. The zero-order chi connectivity index (χ0) is 13.9. The molecule has 0 aromatic rings. The molecule has 19 heavy (non-hydrogen) atoms. The highest BCUT2D eigenvalue weighted by atomic mass is 15.3. The molecule has 0 bridgehead atoms. The molecular formula is C17H34N2. The molecular weight excluding hydrogens is 232 g/mol. The van der Waals surface area contributed by atoms with E-state index < -0.39 is 0 Å². The maximum atomic E-state index is 3.78. The highest BCUT2D eigenvalue weighted by molar-refractivity contribution is 4.96. The lowest BCUT2D eigenvalue weighted by Crippen LogP contribution is -2.63. The monoisotopic (exact) mass is 266 g/mol. The van der Waals surface area contributed by atoms with Crippen molar-refractivity contribution in [1.29, 1.82) is 0 Å². The van der Waals surface area contributed by atoms with Gasteiger partial charge in [0, 0.05) is 31.2 Å². The summed E-state index contributed by atoms with van der Waals surface area (Å²) in [7, 11) is 0. The summed E-state index contributed by atoms with van der Waals surface area (Å²) >= 11 is 0. The molecule has 2 atom stereocenters. The Balaban J connectivity index is 2.01. The first-order chi connectivity index (χ1) is 9.00. The average Bonchev–Trinajstić information content (AvgIpc) is 2.39. The molecule has 0 radical (unpaired) electrons. The topological polar surface area (TPSA) is 15.3 Å². The Morgan fingerprint density at radius 2 is 1.79 bits per heavy atom. The zero-order valence-electron chi connectivity index (χ0n) is 13.6. The summed E-state index contributed by atoms with van der Waals surface area (Å²) in [5.74, 6) is 0. The van der Waals surface area contributed by atoms with Crippen molar-refractivity contribution in [2.75, 3.05) is 19.6 Å². The van der Waals surface area contributed by atoms with Gasteiger partial charge < -0.3 is 5.32 Å². The van der Waals surface area contributed by atoms with Crippen LogP contribution in [0.4, 0.5) is 0 Å². The highest BCUT2D eigenvalue weighted by Crippen LogP contribution is 2.37. The maximum Gasteiger partial charge on any atom is 0.0278 e. The Kier molecular flexibility index (Phi) is 4.94. The Morgan fingerprint density at radius 3 is 2.37 bits per heavy atom. The predicted octanol–water partition coefficient (Wildman–Crippen LogP) is 3.81. The largest absolute Gasteiger partial charge is 0.309 e. The molecule has 0 spiro atoms. The van der Waals surface area contributed by atoms with E-state index in [0.29, 0.717) is 11.0 Å². The third-order valence-corrected chi connectivity index (χ3v) is 5.73. The molecule has 1 aliphatic carbocycles. The van der Waals surface area contributed by atoms with E-state index in [-0.39, 0.29) is 0 Å². The van der Waals surface area contributed by atoms with E-state index in [1.165, 1.54) is 64.6 Å². The first-order valence-corrected chi connectivity index (χ1v) is 8.49. The van der Waals surface area contributed by atoms with Gasteiger partial charge in [-0.2, -0.15) is 0 Å². The van der Waals surface area contributed by atoms with E-state index >= 15 is 0 Å². The van der Waals surface area contributed by atoms with Crippen LogP contribution in [0.3, 0.4) is 0 Å². The summed E-state index contributed by atoms with van der Waals surface area (Å²) in [6.07, 6.45) is 9.75. The van der Waals surface area contributed by atoms with Crippen LogP contribution in [0.15, 0.2) is 0 Å². The Morgan fingerprint density at radius 1 is 1.11 bits per heavy atom. The van der Waals surface area contributed by atoms with Crippen molar-refractivity contribution in [2.45, 2.75) is 84.2 Å². The molecule has 1 heterocycles. The van der Waals surface area contributed by atoms with Crippen LogP contribution in [-0.2, 0) is 0 Å². The second-order valence-corrected chi connectivity index (χ2v) is 7.63. The molecule has 0 amide bonds. The molecule has 0 aromatic carbocycles. The molecule has 2 rings (SSSR count). The molecule has 2 fully saturated rings. The van der Waals surface area contributed by atoms with Crippen LogP contribution >= 0.6 is 0 Å². The van der Waals surface area contributed by atoms with Crippen LogP contribution in [-0.4, -0.2) is 36.1 Å². The Hall–Kier alpha value is -0.0800. The summed E-state index contributed by atoms with van der Waals surface area (Å²) in [5.41, 5.74) is 0.911. The van der Waals surface area contributed by atoms with E-state index in [1.54, 1.807) is 0 Å². The van der Waals surface area contributed by atoms with E-state index in [0.717, 1.165) is 6.04 Å². The third kappa shape index (κ3) is 3.72. The van der Waals surface area contributed by atoms with Crippen molar-refractivity contribution in [3.05, 3.63) is 0 Å². The second kappa shape index (κ2) is 6.13. The number of nitrogens with one attached hydrogen (secondary N) is 1. The summed E-state index contributed by atoms with van der Waals surface area (Å²) < 4.78 is 0. The molecule has 1 saturated heterocycles. The maximum absolute atomic E-state index is 3.78. The fourth-order valence-corrected chi connectivity index (χ4v) is 4.00. The smallest absolute Gasteiger partial charge is 0.0278 e. The van der Waals surface area contributed by atoms with Gasteiger partial charge in [-0.15, -0.1) is 0 Å². The molecule has 0 aromatic heterocycles. The molecule has 112 valence electrons. The minimum atomic E-state index is 0.330. The van der Waals surface area contributed by atoms with Gasteiger partial charge in [-0.05, 0) is 38.0 Å². The van der Waals surface area contributed by atoms with Gasteiger partial charge in [0.15, 0.2) is 0 Å². The lowest BCUT2D eigenvalue weighted by atomic mass is 9.74. The van der Waals surface area contributed by atoms with Crippen molar-refractivity contribution in [3.63, 3.8) is 0 Å². The van der Waals surface area contributed by atoms with E-state index in [1.807, 2.05) is 0 Å². The van der Waals surface area contributed by atoms with Gasteiger partial charge in [0.1, 0.15) is 0 Å². The number of hydrogen-bond acceptors (Lipinski definition) is 2. The van der Waals surface area contributed by atoms with Crippen LogP contribution in [0.1, 0.15) is 72.6 Å². The standard InChI is InChI=1S/C17H34N2/c1-5-15-12-18-17(4,6-2)14-19(15)13-16(3)10-8-7-9-11-16/h15,18H,5-14H2,1-4H3. The van der Waals surface area contributed by atoms with Gasteiger partial charge in [0.05, 0.1) is 0 Å². The molecule has 2 aliphatic rings. The number of hydrogen-bond donors (Lipinski definition) is 1. The molecule has 2 heteroatoms. The summed E-state index contributed by atoms with van der Waals surface area (Å²) in [6.45, 7) is 13.3. The van der Waals surface area contributed by atoms with Crippen LogP contribution in [0, 0.1) is 5.41 Å². The normalized spacial score (nSPS) is 36.3. The molecule has 1 saturated carbocycles. The molecule has 1 N–H and O–H groups in total. The van der Waals surface area contributed by atoms with E-state index in [9.17, 15) is 0 Å². The Labute approximate surface area is 120 Å². The minimum absolute atomic E-state index is 0.330. The average molecular weight is 266 g/mol. The fourth-order valence-electron chi connectivity index (χ4n) is 4.00. The Bertz CT molecular complexity index is 283. The first kappa shape index (κ1) is 15.3. The molecule has 2 unspecified atom stereocenters. The van der Waals surface area contributed by atoms with Gasteiger partial charge in [-0.1, -0.05) is 40.0 Å². The van der Waals surface area contributed by atoms with Crippen molar-refractivity contribution in [2.24, 2.45) is 5.41 Å². The number of rotatable bonds is 4. The number of nitrogens with zero attached hydrogens (tertiary/aromatic N) is 1. The van der Waals surface area contributed by atoms with Crippen LogP contribution in [0.25, 0.3) is 0 Å². The van der Waals surface area contributed by atoms with Gasteiger partial charge >= 0.3 is 0 Å². The summed E-state index contributed by atoms with van der Waals surface area (Å²) in [4.78, 5) is 2.81. The fraction of sp³-hybridized carbons (Fsp3) is 1.00. The lowest BCUT2D eigenvalue weighted by molar-refractivity contribution is 0.0312. The second-order valence-electron chi connectivity index (χ2n) is 7.63. The summed E-state index contributed by atoms with van der Waals surface area (Å²) in [5, 5.41) is 3.78. The van der Waals surface area contributed by atoms with Crippen LogP contribution in [0.5, 0.6) is 0 Å². The van der Waals surface area contributed by atoms with Gasteiger partial charge in [0.2, 0.25) is 0 Å². The van der Waals surface area contributed by atoms with Crippen LogP contribution < -0.4 is 5.32 Å². The van der Waals surface area contributed by atoms with Crippen molar-refractivity contribution in [1.82, 2.24) is 10.2 Å². The highest BCUT2D eigenvalue weighted by Gasteiger charge is 2.37. The van der Waals surface area contributed by atoms with E-state index in [4.69, 9.17) is 0 Å². The lowest BCUT2D eigenvalue weighted by Gasteiger charge is -2.49. The van der Waals surface area contributed by atoms with E-state index in [2.05, 4.69) is 37.9 Å². The number of piperazine rings is 1. The minimum Gasteiger partial charge on any atom is -0.309 e. The van der Waals surface area contributed by atoms with Gasteiger partial charge in [-0.3, -0.25) is 4.90 Å². The first-order valence-electron chi connectivity index (χ1n) is 8.49. The SMILES string of the molecule is CCC1CNC(C)(CC)CN1CC1(C)CCCCC1. The van der Waals surface area contributed by atoms with Gasteiger partial charge in [-0.25, -0.2) is 0 Å². The van der Waals surface area contributed by atoms with Crippen molar-refractivity contribution < 1.29 is 0 Å². The predicted molar refractivity (Wildman–Crippen MR) is 83.5 cm³/mol. The quantitative estimate of drug-likeness (QED) is 0.832. The molecule has 2 nitrogen and oxygen atoms in total. The zero-order valence-corrected chi connectivity index (χ0v) is 13.6. The third-order valence-electron chi connectivity index (χ3n) is 5.73. The molecule has 1 aliphatic heterocycles. The van der Waals surface area contributed by atoms with Crippen molar-refractivity contribution >= 4 is 0 Å². The van der Waals surface area contributed by atoms with Gasteiger partial charge in [0.25, 0.3) is 0 Å². The van der Waals surface area contributed by atoms with Crippen LogP contribution in [0.2, 0.25) is 0 Å².